The predicted octanol–water partition coefficient (Wildman–Crippen LogP) is 1.66. The molecule has 4 nitrogen and oxygen atoms in total. The van der Waals surface area contributed by atoms with E-state index in [-0.39, 0.29) is 0 Å². The first kappa shape index (κ1) is 10.6. The maximum atomic E-state index is 12.1. The number of carboxylic acid groups (broad SMARTS) is 1. The van der Waals surface area contributed by atoms with Crippen LogP contribution in [0.1, 0.15) is 22.5 Å². The zero-order chi connectivity index (χ0) is 10.9. The van der Waals surface area contributed by atoms with Crippen LogP contribution < -0.4 is 5.56 Å². The van der Waals surface area contributed by atoms with Gasteiger partial charge in [-0.05, 0) is 6.07 Å². The highest BCUT2D eigenvalue weighted by molar-refractivity contribution is 6.33. The Morgan fingerprint density at radius 3 is 2.50 bits per heavy atom. The van der Waals surface area contributed by atoms with Crippen LogP contribution in [0.5, 0.6) is 0 Å². The van der Waals surface area contributed by atoms with Crippen LogP contribution in [-0.4, -0.2) is 16.1 Å². The van der Waals surface area contributed by atoms with E-state index < -0.39 is 34.2 Å². The van der Waals surface area contributed by atoms with Crippen molar-refractivity contribution in [2.75, 3.05) is 0 Å². The molecule has 0 spiro atoms. The fourth-order valence-electron chi connectivity index (χ4n) is 0.864. The Bertz CT molecular complexity index is 429. The van der Waals surface area contributed by atoms with E-state index in [4.69, 9.17) is 16.7 Å². The molecule has 7 heteroatoms. The molecule has 2 N–H and O–H groups in total. The lowest BCUT2D eigenvalue weighted by Crippen LogP contribution is -2.19. The molecule has 0 aliphatic heterocycles. The van der Waals surface area contributed by atoms with Crippen molar-refractivity contribution in [3.8, 4) is 0 Å². The summed E-state index contributed by atoms with van der Waals surface area (Å²) in [6, 6.07) is 0.719. The lowest BCUT2D eigenvalue weighted by atomic mass is 10.2. The number of nitrogens with one attached hydrogen (secondary N) is 1. The second-order valence-electron chi connectivity index (χ2n) is 2.38. The zero-order valence-electron chi connectivity index (χ0n) is 6.55. The Morgan fingerprint density at radius 2 is 2.14 bits per heavy atom. The summed E-state index contributed by atoms with van der Waals surface area (Å²) in [7, 11) is 0. The summed E-state index contributed by atoms with van der Waals surface area (Å²) < 4.78 is 24.2. The summed E-state index contributed by atoms with van der Waals surface area (Å²) >= 11 is 5.34. The Morgan fingerprint density at radius 1 is 1.57 bits per heavy atom. The van der Waals surface area contributed by atoms with E-state index in [1.165, 1.54) is 0 Å². The van der Waals surface area contributed by atoms with Gasteiger partial charge in [0.1, 0.15) is 5.56 Å². The third-order valence-corrected chi connectivity index (χ3v) is 1.75. The normalized spacial score (nSPS) is 10.6. The van der Waals surface area contributed by atoms with Gasteiger partial charge in [0.05, 0.1) is 10.7 Å². The molecule has 0 aliphatic carbocycles. The molecule has 0 radical (unpaired) electrons. The Kier molecular flexibility index (Phi) is 2.85. The van der Waals surface area contributed by atoms with Crippen molar-refractivity contribution < 1.29 is 18.7 Å². The van der Waals surface area contributed by atoms with Gasteiger partial charge in [-0.2, -0.15) is 0 Å². The molecule has 0 saturated carbocycles. The molecule has 1 aromatic rings. The summed E-state index contributed by atoms with van der Waals surface area (Å²) in [5.74, 6) is -1.56. The van der Waals surface area contributed by atoms with E-state index in [9.17, 15) is 18.4 Å². The largest absolute Gasteiger partial charge is 0.477 e. The third-order valence-electron chi connectivity index (χ3n) is 1.45. The van der Waals surface area contributed by atoms with Crippen LogP contribution in [0, 0.1) is 0 Å². The van der Waals surface area contributed by atoms with E-state index in [1.54, 1.807) is 4.98 Å². The highest BCUT2D eigenvalue weighted by Crippen LogP contribution is 2.20. The number of aromatic carboxylic acids is 1. The molecule has 0 bridgehead atoms. The molecule has 1 aromatic heterocycles. The third kappa shape index (κ3) is 1.90. The molecule has 0 atom stereocenters. The average Bonchev–Trinajstić information content (AvgIpc) is 2.01. The predicted molar refractivity (Wildman–Crippen MR) is 44.0 cm³/mol. The Labute approximate surface area is 81.1 Å². The van der Waals surface area contributed by atoms with Crippen LogP contribution in [0.25, 0.3) is 0 Å². The molecule has 76 valence electrons. The molecule has 0 amide bonds. The van der Waals surface area contributed by atoms with Crippen molar-refractivity contribution in [2.45, 2.75) is 6.43 Å². The van der Waals surface area contributed by atoms with Crippen molar-refractivity contribution >= 4 is 17.6 Å². The highest BCUT2D eigenvalue weighted by atomic mass is 35.5. The summed E-state index contributed by atoms with van der Waals surface area (Å²) in [5, 5.41) is 7.98. The topological polar surface area (TPSA) is 70.2 Å². The lowest BCUT2D eigenvalue weighted by molar-refractivity contribution is 0.0694. The molecule has 0 unspecified atom stereocenters. The number of H-pyrrole nitrogens is 1. The van der Waals surface area contributed by atoms with E-state index >= 15 is 0 Å². The number of hydrogen-bond acceptors (Lipinski definition) is 2. The van der Waals surface area contributed by atoms with Crippen molar-refractivity contribution in [1.29, 1.82) is 0 Å². The van der Waals surface area contributed by atoms with Crippen molar-refractivity contribution in [3.63, 3.8) is 0 Å². The first-order valence-electron chi connectivity index (χ1n) is 3.37. The Balaban J connectivity index is 3.40. The number of aromatic nitrogens is 1. The maximum Gasteiger partial charge on any atom is 0.342 e. The number of carboxylic acids is 1. The van der Waals surface area contributed by atoms with Gasteiger partial charge in [-0.15, -0.1) is 0 Å². The van der Waals surface area contributed by atoms with Crippen molar-refractivity contribution in [2.24, 2.45) is 0 Å². The molecular formula is C7H4ClF2NO3. The number of alkyl halides is 2. The minimum Gasteiger partial charge on any atom is -0.477 e. The smallest absolute Gasteiger partial charge is 0.342 e. The monoisotopic (exact) mass is 223 g/mol. The van der Waals surface area contributed by atoms with Crippen molar-refractivity contribution in [3.05, 3.63) is 32.7 Å². The van der Waals surface area contributed by atoms with Gasteiger partial charge in [-0.3, -0.25) is 4.79 Å². The first-order valence-corrected chi connectivity index (χ1v) is 3.75. The van der Waals surface area contributed by atoms with Crippen LogP contribution in [-0.2, 0) is 0 Å². The Hall–Kier alpha value is -1.43. The number of hydrogen-bond donors (Lipinski definition) is 2. The summed E-state index contributed by atoms with van der Waals surface area (Å²) in [5.41, 5.74) is -2.58. The van der Waals surface area contributed by atoms with Gasteiger partial charge in [0, 0.05) is 0 Å². The van der Waals surface area contributed by atoms with Gasteiger partial charge in [-0.25, -0.2) is 13.6 Å². The minimum absolute atomic E-state index is 0.503. The average molecular weight is 224 g/mol. The fourth-order valence-corrected chi connectivity index (χ4v) is 1.15. The molecule has 0 saturated heterocycles. The van der Waals surface area contributed by atoms with Gasteiger partial charge in [0.25, 0.3) is 12.0 Å². The summed E-state index contributed by atoms with van der Waals surface area (Å²) in [6.45, 7) is 0. The van der Waals surface area contributed by atoms with E-state index in [2.05, 4.69) is 0 Å². The summed E-state index contributed by atoms with van der Waals surface area (Å²) in [6.07, 6.45) is -2.90. The molecule has 0 fully saturated rings. The second kappa shape index (κ2) is 3.75. The van der Waals surface area contributed by atoms with E-state index in [0.717, 1.165) is 6.07 Å². The molecule has 0 aliphatic rings. The quantitative estimate of drug-likeness (QED) is 0.801. The van der Waals surface area contributed by atoms with Crippen molar-refractivity contribution in [1.82, 2.24) is 4.98 Å². The van der Waals surface area contributed by atoms with Gasteiger partial charge in [0.2, 0.25) is 0 Å². The zero-order valence-corrected chi connectivity index (χ0v) is 7.31. The number of halogens is 3. The second-order valence-corrected chi connectivity index (χ2v) is 2.79. The van der Waals surface area contributed by atoms with Crippen LogP contribution in [0.15, 0.2) is 10.9 Å². The highest BCUT2D eigenvalue weighted by Gasteiger charge is 2.18. The van der Waals surface area contributed by atoms with Crippen LogP contribution >= 0.6 is 11.6 Å². The van der Waals surface area contributed by atoms with Gasteiger partial charge >= 0.3 is 5.97 Å². The SMILES string of the molecule is O=C(O)c1c(Cl)cc(C(F)F)[nH]c1=O. The molecule has 1 rings (SSSR count). The summed E-state index contributed by atoms with van der Waals surface area (Å²) in [4.78, 5) is 23.1. The maximum absolute atomic E-state index is 12.1. The molecule has 1 heterocycles. The standard InChI is InChI=1S/C7H4ClF2NO3/c8-2-1-3(5(9)10)11-6(12)4(2)7(13)14/h1,5H,(H,11,12)(H,13,14). The van der Waals surface area contributed by atoms with Crippen LogP contribution in [0.4, 0.5) is 8.78 Å². The van der Waals surface area contributed by atoms with E-state index in [0.29, 0.717) is 0 Å². The minimum atomic E-state index is -2.90. The lowest BCUT2D eigenvalue weighted by Gasteiger charge is -2.02. The fraction of sp³-hybridized carbons (Fsp3) is 0.143. The molecular weight excluding hydrogens is 220 g/mol. The van der Waals surface area contributed by atoms with Crippen LogP contribution in [0.3, 0.4) is 0 Å². The number of aromatic amines is 1. The van der Waals surface area contributed by atoms with Crippen LogP contribution in [0.2, 0.25) is 5.02 Å². The first-order chi connectivity index (χ1) is 6.43. The number of rotatable bonds is 2. The van der Waals surface area contributed by atoms with Gasteiger partial charge in [-0.1, -0.05) is 11.6 Å². The molecule has 14 heavy (non-hydrogen) atoms. The van der Waals surface area contributed by atoms with E-state index in [1.807, 2.05) is 0 Å². The van der Waals surface area contributed by atoms with Gasteiger partial charge < -0.3 is 10.1 Å². The van der Waals surface area contributed by atoms with Gasteiger partial charge in [0.15, 0.2) is 0 Å². The number of pyridine rings is 1. The number of carbonyl (C=O) groups is 1. The molecule has 0 aromatic carbocycles.